The molecule has 1 atom stereocenters. The van der Waals surface area contributed by atoms with E-state index >= 15 is 0 Å². The summed E-state index contributed by atoms with van der Waals surface area (Å²) in [5.41, 5.74) is 0. The predicted octanol–water partition coefficient (Wildman–Crippen LogP) is 1.28. The predicted molar refractivity (Wildman–Crippen MR) is 53.9 cm³/mol. The minimum atomic E-state index is -0.203. The Kier molecular flexibility index (Phi) is 4.32. The molecule has 0 radical (unpaired) electrons. The highest BCUT2D eigenvalue weighted by molar-refractivity contribution is 6.27. The number of aromatic nitrogens is 2. The number of nitrogens with one attached hydrogen (secondary N) is 1. The van der Waals surface area contributed by atoms with Crippen molar-refractivity contribution >= 4 is 17.5 Å². The van der Waals surface area contributed by atoms with E-state index in [1.165, 1.54) is 0 Å². The normalized spacial score (nSPS) is 12.1. The molecule has 0 fully saturated rings. The van der Waals surface area contributed by atoms with Crippen LogP contribution >= 0.6 is 11.6 Å². The third-order valence-electron chi connectivity index (χ3n) is 1.76. The topological polar surface area (TPSA) is 54.9 Å². The van der Waals surface area contributed by atoms with Gasteiger partial charge in [-0.2, -0.15) is 0 Å². The number of nitrogens with zero attached hydrogens (tertiary/aromatic N) is 2. The highest BCUT2D eigenvalue weighted by Gasteiger charge is 2.13. The maximum Gasteiger partial charge on any atom is 0.235 e. The van der Waals surface area contributed by atoms with Gasteiger partial charge < -0.3 is 5.32 Å². The maximum atomic E-state index is 11.1. The summed E-state index contributed by atoms with van der Waals surface area (Å²) in [6.45, 7) is 1.95. The third kappa shape index (κ3) is 2.96. The van der Waals surface area contributed by atoms with Crippen LogP contribution in [0.1, 0.15) is 25.2 Å². The molecule has 0 aromatic carbocycles. The lowest BCUT2D eigenvalue weighted by atomic mass is 10.2. The lowest BCUT2D eigenvalue weighted by molar-refractivity contribution is -0.119. The first-order chi connectivity index (χ1) is 6.77. The Morgan fingerprint density at radius 2 is 2.21 bits per heavy atom. The van der Waals surface area contributed by atoms with Crippen molar-refractivity contribution < 1.29 is 4.79 Å². The van der Waals surface area contributed by atoms with Gasteiger partial charge in [0.2, 0.25) is 5.91 Å². The Morgan fingerprint density at radius 1 is 1.57 bits per heavy atom. The molecule has 1 rings (SSSR count). The van der Waals surface area contributed by atoms with Crippen molar-refractivity contribution in [2.45, 2.75) is 19.4 Å². The van der Waals surface area contributed by atoms with Crippen LogP contribution in [-0.2, 0) is 4.79 Å². The molecule has 76 valence electrons. The minimum absolute atomic E-state index is 0.0384. The standard InChI is InChI=1S/C9H12ClN3O/c1-2-7(13-8(14)6-10)9-11-4-3-5-12-9/h3-5,7H,2,6H2,1H3,(H,13,14). The van der Waals surface area contributed by atoms with Gasteiger partial charge in [-0.3, -0.25) is 4.79 Å². The van der Waals surface area contributed by atoms with E-state index in [2.05, 4.69) is 15.3 Å². The largest absolute Gasteiger partial charge is 0.345 e. The van der Waals surface area contributed by atoms with Crippen LogP contribution in [-0.4, -0.2) is 21.8 Å². The van der Waals surface area contributed by atoms with Crippen molar-refractivity contribution in [3.05, 3.63) is 24.3 Å². The third-order valence-corrected chi connectivity index (χ3v) is 2.00. The van der Waals surface area contributed by atoms with Crippen molar-refractivity contribution in [2.75, 3.05) is 5.88 Å². The Hall–Kier alpha value is -1.16. The Balaban J connectivity index is 2.68. The summed E-state index contributed by atoms with van der Waals surface area (Å²) in [4.78, 5) is 19.2. The fourth-order valence-electron chi connectivity index (χ4n) is 1.07. The highest BCUT2D eigenvalue weighted by Crippen LogP contribution is 2.10. The molecule has 0 saturated carbocycles. The second-order valence-electron chi connectivity index (χ2n) is 2.77. The van der Waals surface area contributed by atoms with Crippen LogP contribution in [0, 0.1) is 0 Å². The number of halogens is 1. The fourth-order valence-corrected chi connectivity index (χ4v) is 1.15. The molecule has 0 saturated heterocycles. The lowest BCUT2D eigenvalue weighted by Gasteiger charge is -2.13. The van der Waals surface area contributed by atoms with E-state index in [9.17, 15) is 4.79 Å². The second kappa shape index (κ2) is 5.54. The number of amides is 1. The number of alkyl halides is 1. The van der Waals surface area contributed by atoms with Gasteiger partial charge in [-0.05, 0) is 12.5 Å². The molecule has 0 aliphatic carbocycles. The van der Waals surface area contributed by atoms with Gasteiger partial charge in [0, 0.05) is 12.4 Å². The Labute approximate surface area is 87.7 Å². The van der Waals surface area contributed by atoms with Gasteiger partial charge in [-0.1, -0.05) is 6.92 Å². The first-order valence-corrected chi connectivity index (χ1v) is 4.93. The van der Waals surface area contributed by atoms with Crippen molar-refractivity contribution in [1.82, 2.24) is 15.3 Å². The average molecular weight is 214 g/mol. The summed E-state index contributed by atoms with van der Waals surface area (Å²) >= 11 is 5.39. The van der Waals surface area contributed by atoms with Gasteiger partial charge in [-0.15, -0.1) is 11.6 Å². The highest BCUT2D eigenvalue weighted by atomic mass is 35.5. The van der Waals surface area contributed by atoms with E-state index in [1.54, 1.807) is 18.5 Å². The van der Waals surface area contributed by atoms with E-state index in [0.717, 1.165) is 6.42 Å². The van der Waals surface area contributed by atoms with Crippen LogP contribution in [0.5, 0.6) is 0 Å². The van der Waals surface area contributed by atoms with E-state index in [1.807, 2.05) is 6.92 Å². The van der Waals surface area contributed by atoms with Gasteiger partial charge in [0.1, 0.15) is 11.7 Å². The van der Waals surface area contributed by atoms with E-state index < -0.39 is 0 Å². The van der Waals surface area contributed by atoms with Crippen molar-refractivity contribution in [3.8, 4) is 0 Å². The number of hydrogen-bond acceptors (Lipinski definition) is 3. The molecule has 4 nitrogen and oxygen atoms in total. The minimum Gasteiger partial charge on any atom is -0.345 e. The molecule has 14 heavy (non-hydrogen) atoms. The molecule has 1 N–H and O–H groups in total. The first kappa shape index (κ1) is 10.9. The van der Waals surface area contributed by atoms with Crippen molar-refractivity contribution in [1.29, 1.82) is 0 Å². The number of carbonyl (C=O) groups excluding carboxylic acids is 1. The van der Waals surface area contributed by atoms with Gasteiger partial charge in [0.05, 0.1) is 6.04 Å². The van der Waals surface area contributed by atoms with Crippen LogP contribution in [0.25, 0.3) is 0 Å². The van der Waals surface area contributed by atoms with Gasteiger partial charge in [0.25, 0.3) is 0 Å². The summed E-state index contributed by atoms with van der Waals surface area (Å²) in [6, 6.07) is 1.59. The van der Waals surface area contributed by atoms with Crippen LogP contribution in [0.2, 0.25) is 0 Å². The molecule has 0 bridgehead atoms. The summed E-state index contributed by atoms with van der Waals surface area (Å²) < 4.78 is 0. The molecule has 1 aromatic heterocycles. The molecule has 5 heteroatoms. The summed E-state index contributed by atoms with van der Waals surface area (Å²) in [7, 11) is 0. The van der Waals surface area contributed by atoms with Gasteiger partial charge >= 0.3 is 0 Å². The zero-order valence-electron chi connectivity index (χ0n) is 7.90. The fraction of sp³-hybridized carbons (Fsp3) is 0.444. The van der Waals surface area contributed by atoms with Crippen molar-refractivity contribution in [2.24, 2.45) is 0 Å². The van der Waals surface area contributed by atoms with E-state index in [0.29, 0.717) is 5.82 Å². The van der Waals surface area contributed by atoms with Crippen LogP contribution in [0.15, 0.2) is 18.5 Å². The Bertz CT molecular complexity index is 291. The van der Waals surface area contributed by atoms with Gasteiger partial charge in [0.15, 0.2) is 0 Å². The first-order valence-electron chi connectivity index (χ1n) is 4.40. The monoisotopic (exact) mass is 213 g/mol. The summed E-state index contributed by atoms with van der Waals surface area (Å²) in [6.07, 6.45) is 4.04. The molecule has 1 amide bonds. The molecule has 0 spiro atoms. The van der Waals surface area contributed by atoms with Crippen LogP contribution in [0.3, 0.4) is 0 Å². The maximum absolute atomic E-state index is 11.1. The zero-order chi connectivity index (χ0) is 10.4. The lowest BCUT2D eigenvalue weighted by Crippen LogP contribution is -2.30. The van der Waals surface area contributed by atoms with Crippen molar-refractivity contribution in [3.63, 3.8) is 0 Å². The SMILES string of the molecule is CCC(NC(=O)CCl)c1ncccn1. The quantitative estimate of drug-likeness (QED) is 0.767. The molecular weight excluding hydrogens is 202 g/mol. The molecule has 1 heterocycles. The average Bonchev–Trinajstić information content (AvgIpc) is 2.26. The number of carbonyl (C=O) groups is 1. The molecule has 0 aliphatic heterocycles. The van der Waals surface area contributed by atoms with E-state index in [4.69, 9.17) is 11.6 Å². The molecule has 1 unspecified atom stereocenters. The summed E-state index contributed by atoms with van der Waals surface area (Å²) in [5.74, 6) is 0.378. The summed E-state index contributed by atoms with van der Waals surface area (Å²) in [5, 5.41) is 2.74. The molecule has 0 aliphatic rings. The van der Waals surface area contributed by atoms with Gasteiger partial charge in [-0.25, -0.2) is 9.97 Å². The molecular formula is C9H12ClN3O. The smallest absolute Gasteiger partial charge is 0.235 e. The number of rotatable bonds is 4. The van der Waals surface area contributed by atoms with Crippen LogP contribution < -0.4 is 5.32 Å². The molecule has 1 aromatic rings. The number of hydrogen-bond donors (Lipinski definition) is 1. The Morgan fingerprint density at radius 3 is 2.71 bits per heavy atom. The van der Waals surface area contributed by atoms with Crippen LogP contribution in [0.4, 0.5) is 0 Å². The zero-order valence-corrected chi connectivity index (χ0v) is 8.66. The van der Waals surface area contributed by atoms with E-state index in [-0.39, 0.29) is 17.8 Å². The second-order valence-corrected chi connectivity index (χ2v) is 3.04.